The second kappa shape index (κ2) is 9.87. The smallest absolute Gasteiger partial charge is 0.293 e. The molecule has 0 saturated heterocycles. The van der Waals surface area contributed by atoms with Gasteiger partial charge in [-0.25, -0.2) is 0 Å². The van der Waals surface area contributed by atoms with Crippen LogP contribution in [0, 0.1) is 13.8 Å². The molecule has 0 N–H and O–H groups in total. The van der Waals surface area contributed by atoms with Gasteiger partial charge < -0.3 is 0 Å². The quantitative estimate of drug-likeness (QED) is 0.196. The summed E-state index contributed by atoms with van der Waals surface area (Å²) in [5.74, 6) is 0.0404. The van der Waals surface area contributed by atoms with Crippen molar-refractivity contribution in [1.82, 2.24) is 14.8 Å². The summed E-state index contributed by atoms with van der Waals surface area (Å²) in [7, 11) is 0. The molecule has 0 spiro atoms. The molecular weight excluding hydrogens is 495 g/mol. The summed E-state index contributed by atoms with van der Waals surface area (Å²) in [5.41, 5.74) is 2.12. The van der Waals surface area contributed by atoms with Crippen LogP contribution in [0.25, 0.3) is 17.1 Å². The normalized spacial score (nSPS) is 12.5. The number of benzene rings is 3. The number of ketones is 1. The van der Waals surface area contributed by atoms with Crippen LogP contribution in [-0.2, 0) is 6.18 Å². The first kappa shape index (κ1) is 25.0. The molecule has 4 rings (SSSR count). The Balaban J connectivity index is 1.81. The lowest BCUT2D eigenvalue weighted by atomic mass is 10.0. The van der Waals surface area contributed by atoms with E-state index in [1.165, 1.54) is 22.8 Å². The number of Topliss-reactive ketones (excluding diaryl/α,β-unsaturated/α-hetero) is 1. The van der Waals surface area contributed by atoms with Crippen molar-refractivity contribution in [3.63, 3.8) is 0 Å². The van der Waals surface area contributed by atoms with Crippen LogP contribution in [-0.4, -0.2) is 25.8 Å². The molecule has 0 saturated carbocycles. The van der Waals surface area contributed by atoms with Crippen molar-refractivity contribution in [3.05, 3.63) is 94.0 Å². The minimum Gasteiger partial charge on any atom is -0.293 e. The second-order valence-corrected chi connectivity index (χ2v) is 9.83. The van der Waals surface area contributed by atoms with Gasteiger partial charge in [-0.3, -0.25) is 9.36 Å². The lowest BCUT2D eigenvalue weighted by Gasteiger charge is -2.18. The molecule has 180 valence electrons. The summed E-state index contributed by atoms with van der Waals surface area (Å²) in [6.07, 6.45) is -4.60. The number of halogens is 4. The van der Waals surface area contributed by atoms with Gasteiger partial charge >= 0.3 is 6.18 Å². The fourth-order valence-electron chi connectivity index (χ4n) is 3.63. The van der Waals surface area contributed by atoms with E-state index >= 15 is 0 Å². The van der Waals surface area contributed by atoms with E-state index in [0.717, 1.165) is 29.0 Å². The van der Waals surface area contributed by atoms with Gasteiger partial charge in [-0.2, -0.15) is 13.2 Å². The van der Waals surface area contributed by atoms with Gasteiger partial charge in [0, 0.05) is 16.1 Å². The largest absolute Gasteiger partial charge is 0.418 e. The zero-order chi connectivity index (χ0) is 25.3. The molecular formula is C26H21ClF3N3OS. The Morgan fingerprint density at radius 1 is 0.971 bits per heavy atom. The zero-order valence-electron chi connectivity index (χ0n) is 19.1. The maximum absolute atomic E-state index is 13.9. The van der Waals surface area contributed by atoms with Gasteiger partial charge in [-0.15, -0.1) is 10.2 Å². The Labute approximate surface area is 210 Å². The van der Waals surface area contributed by atoms with Crippen LogP contribution in [0.1, 0.15) is 34.0 Å². The molecule has 1 heterocycles. The first-order valence-electron chi connectivity index (χ1n) is 10.7. The number of thioether (sulfide) groups is 1. The predicted octanol–water partition coefficient (Wildman–Crippen LogP) is 7.59. The molecule has 0 bridgehead atoms. The molecule has 35 heavy (non-hydrogen) atoms. The topological polar surface area (TPSA) is 47.8 Å². The van der Waals surface area contributed by atoms with Crippen LogP contribution in [0.5, 0.6) is 0 Å². The van der Waals surface area contributed by atoms with Crippen LogP contribution in [0.2, 0.25) is 5.02 Å². The average Bonchev–Trinajstić information content (AvgIpc) is 3.23. The van der Waals surface area contributed by atoms with E-state index in [1.54, 1.807) is 37.3 Å². The summed E-state index contributed by atoms with van der Waals surface area (Å²) < 4.78 is 43.1. The molecule has 3 aromatic carbocycles. The van der Waals surface area contributed by atoms with Crippen molar-refractivity contribution in [2.45, 2.75) is 37.4 Å². The van der Waals surface area contributed by atoms with Gasteiger partial charge in [0.05, 0.1) is 16.5 Å². The number of carbonyl (C=O) groups excluding carboxylic acids is 1. The third-order valence-corrected chi connectivity index (χ3v) is 6.89. The summed E-state index contributed by atoms with van der Waals surface area (Å²) >= 11 is 7.19. The Bertz CT molecular complexity index is 1400. The fourth-order valence-corrected chi connectivity index (χ4v) is 4.76. The van der Waals surface area contributed by atoms with Crippen LogP contribution >= 0.6 is 23.4 Å². The fraction of sp³-hybridized carbons (Fsp3) is 0.192. The number of nitrogens with zero attached hydrogens (tertiary/aromatic N) is 3. The lowest BCUT2D eigenvalue weighted by Crippen LogP contribution is -2.16. The Morgan fingerprint density at radius 3 is 2.40 bits per heavy atom. The van der Waals surface area contributed by atoms with Gasteiger partial charge in [-0.1, -0.05) is 59.8 Å². The van der Waals surface area contributed by atoms with Crippen LogP contribution < -0.4 is 0 Å². The number of aromatic nitrogens is 3. The number of para-hydroxylation sites is 1. The third kappa shape index (κ3) is 5.28. The van der Waals surface area contributed by atoms with Crippen molar-refractivity contribution in [2.75, 3.05) is 0 Å². The highest BCUT2D eigenvalue weighted by atomic mass is 35.5. The molecule has 4 aromatic rings. The van der Waals surface area contributed by atoms with E-state index < -0.39 is 17.0 Å². The van der Waals surface area contributed by atoms with E-state index in [0.29, 0.717) is 16.1 Å². The Kier molecular flexibility index (Phi) is 7.05. The van der Waals surface area contributed by atoms with Crippen molar-refractivity contribution < 1.29 is 18.0 Å². The molecule has 9 heteroatoms. The number of hydrogen-bond donors (Lipinski definition) is 0. The SMILES string of the molecule is Cc1ccc(C(=O)[C@H](C)Sc2nnc(-c3cccc(Cl)c3)n2-c2ccccc2C(F)(F)F)cc1C. The number of rotatable bonds is 6. The van der Waals surface area contributed by atoms with Crippen molar-refractivity contribution in [1.29, 1.82) is 0 Å². The molecule has 0 amide bonds. The number of carbonyl (C=O) groups is 1. The molecule has 0 radical (unpaired) electrons. The minimum atomic E-state index is -4.60. The molecule has 4 nitrogen and oxygen atoms in total. The maximum atomic E-state index is 13.9. The molecule has 0 unspecified atom stereocenters. The Hall–Kier alpha value is -3.10. The summed E-state index contributed by atoms with van der Waals surface area (Å²) in [6, 6.07) is 17.3. The highest BCUT2D eigenvalue weighted by Crippen LogP contribution is 2.38. The summed E-state index contributed by atoms with van der Waals surface area (Å²) in [4.78, 5) is 13.1. The molecule has 1 atom stereocenters. The van der Waals surface area contributed by atoms with Crippen molar-refractivity contribution >= 4 is 29.1 Å². The van der Waals surface area contributed by atoms with Crippen LogP contribution in [0.3, 0.4) is 0 Å². The van der Waals surface area contributed by atoms with Gasteiger partial charge in [0.15, 0.2) is 16.8 Å². The lowest BCUT2D eigenvalue weighted by molar-refractivity contribution is -0.137. The molecule has 1 aromatic heterocycles. The molecule has 0 aliphatic carbocycles. The van der Waals surface area contributed by atoms with E-state index in [4.69, 9.17) is 11.6 Å². The molecule has 0 fully saturated rings. The standard InChI is InChI=1S/C26H21ClF3N3OS/c1-15-11-12-18(13-16(15)2)23(34)17(3)35-25-32-31-24(19-7-6-8-20(27)14-19)33(25)22-10-5-4-9-21(22)26(28,29)30/h4-14,17H,1-3H3/t17-/m0/s1. The van der Waals surface area contributed by atoms with Gasteiger partial charge in [-0.05, 0) is 62.2 Å². The third-order valence-electron chi connectivity index (χ3n) is 5.61. The number of alkyl halides is 3. The minimum absolute atomic E-state index is 0.131. The number of aryl methyl sites for hydroxylation is 2. The molecule has 0 aliphatic heterocycles. The zero-order valence-corrected chi connectivity index (χ0v) is 20.7. The summed E-state index contributed by atoms with van der Waals surface area (Å²) in [6.45, 7) is 5.58. The molecule has 0 aliphatic rings. The monoisotopic (exact) mass is 515 g/mol. The first-order chi connectivity index (χ1) is 16.6. The van der Waals surface area contributed by atoms with E-state index in [-0.39, 0.29) is 22.5 Å². The van der Waals surface area contributed by atoms with Gasteiger partial charge in [0.25, 0.3) is 0 Å². The van der Waals surface area contributed by atoms with Crippen LogP contribution in [0.15, 0.2) is 71.9 Å². The van der Waals surface area contributed by atoms with E-state index in [2.05, 4.69) is 10.2 Å². The highest BCUT2D eigenvalue weighted by Gasteiger charge is 2.35. The average molecular weight is 516 g/mol. The van der Waals surface area contributed by atoms with Crippen molar-refractivity contribution in [2.24, 2.45) is 0 Å². The van der Waals surface area contributed by atoms with Gasteiger partial charge in [0.1, 0.15) is 0 Å². The van der Waals surface area contributed by atoms with Crippen molar-refractivity contribution in [3.8, 4) is 17.1 Å². The second-order valence-electron chi connectivity index (χ2n) is 8.09. The number of hydrogen-bond acceptors (Lipinski definition) is 4. The summed E-state index contributed by atoms with van der Waals surface area (Å²) in [5, 5.41) is 8.33. The van der Waals surface area contributed by atoms with Crippen LogP contribution in [0.4, 0.5) is 13.2 Å². The predicted molar refractivity (Wildman–Crippen MR) is 132 cm³/mol. The Morgan fingerprint density at radius 2 is 1.71 bits per heavy atom. The maximum Gasteiger partial charge on any atom is 0.418 e. The van der Waals surface area contributed by atoms with E-state index in [1.807, 2.05) is 26.0 Å². The van der Waals surface area contributed by atoms with Gasteiger partial charge in [0.2, 0.25) is 0 Å². The first-order valence-corrected chi connectivity index (χ1v) is 12.0. The highest BCUT2D eigenvalue weighted by molar-refractivity contribution is 8.00. The van der Waals surface area contributed by atoms with E-state index in [9.17, 15) is 18.0 Å².